The number of nitrogens with one attached hydrogen (secondary N) is 1. The Morgan fingerprint density at radius 1 is 1.39 bits per heavy atom. The van der Waals surface area contributed by atoms with Gasteiger partial charge in [0, 0.05) is 19.0 Å². The molecule has 18 heavy (non-hydrogen) atoms. The monoisotopic (exact) mass is 249 g/mol. The molecule has 2 rings (SSSR count). The quantitative estimate of drug-likeness (QED) is 0.856. The SMILES string of the molecule is CC(Cc1ccco1)NCc1ccc(O)c(F)c1. The van der Waals surface area contributed by atoms with Crippen molar-refractivity contribution in [1.29, 1.82) is 0 Å². The van der Waals surface area contributed by atoms with Crippen molar-refractivity contribution in [3.8, 4) is 5.75 Å². The van der Waals surface area contributed by atoms with Gasteiger partial charge in [0.15, 0.2) is 11.6 Å². The molecule has 1 atom stereocenters. The molecule has 1 unspecified atom stereocenters. The third kappa shape index (κ3) is 3.34. The molecule has 0 bridgehead atoms. The van der Waals surface area contributed by atoms with Crippen molar-refractivity contribution in [2.24, 2.45) is 0 Å². The van der Waals surface area contributed by atoms with Crippen LogP contribution in [0.2, 0.25) is 0 Å². The Kier molecular flexibility index (Phi) is 3.99. The highest BCUT2D eigenvalue weighted by Crippen LogP contribution is 2.16. The molecule has 0 aliphatic heterocycles. The zero-order valence-electron chi connectivity index (χ0n) is 10.2. The molecular formula is C14H16FNO2. The lowest BCUT2D eigenvalue weighted by Gasteiger charge is -2.12. The molecule has 96 valence electrons. The van der Waals surface area contributed by atoms with Gasteiger partial charge in [0.2, 0.25) is 0 Å². The first-order valence-corrected chi connectivity index (χ1v) is 5.88. The zero-order chi connectivity index (χ0) is 13.0. The Morgan fingerprint density at radius 2 is 2.22 bits per heavy atom. The number of hydrogen-bond acceptors (Lipinski definition) is 3. The van der Waals surface area contributed by atoms with E-state index in [1.165, 1.54) is 12.1 Å². The van der Waals surface area contributed by atoms with Crippen LogP contribution < -0.4 is 5.32 Å². The van der Waals surface area contributed by atoms with Crippen LogP contribution in [0.4, 0.5) is 4.39 Å². The molecule has 0 radical (unpaired) electrons. The lowest BCUT2D eigenvalue weighted by Crippen LogP contribution is -2.27. The molecule has 1 aromatic heterocycles. The third-order valence-corrected chi connectivity index (χ3v) is 2.75. The molecule has 2 N–H and O–H groups in total. The van der Waals surface area contributed by atoms with E-state index in [-0.39, 0.29) is 11.8 Å². The smallest absolute Gasteiger partial charge is 0.165 e. The van der Waals surface area contributed by atoms with Crippen LogP contribution in [0.1, 0.15) is 18.2 Å². The summed E-state index contributed by atoms with van der Waals surface area (Å²) in [5.41, 5.74) is 0.802. The summed E-state index contributed by atoms with van der Waals surface area (Å²) in [5, 5.41) is 12.4. The largest absolute Gasteiger partial charge is 0.505 e. The number of aromatic hydroxyl groups is 1. The normalized spacial score (nSPS) is 12.6. The van der Waals surface area contributed by atoms with Crippen molar-refractivity contribution in [3.05, 3.63) is 53.7 Å². The molecule has 0 spiro atoms. The van der Waals surface area contributed by atoms with Gasteiger partial charge in [-0.15, -0.1) is 0 Å². The fourth-order valence-corrected chi connectivity index (χ4v) is 1.76. The molecule has 1 aromatic carbocycles. The first-order valence-electron chi connectivity index (χ1n) is 5.88. The summed E-state index contributed by atoms with van der Waals surface area (Å²) in [6.07, 6.45) is 2.44. The van der Waals surface area contributed by atoms with Crippen LogP contribution in [-0.4, -0.2) is 11.1 Å². The number of furan rings is 1. The second-order valence-corrected chi connectivity index (χ2v) is 4.35. The maximum atomic E-state index is 13.1. The summed E-state index contributed by atoms with van der Waals surface area (Å²) in [6, 6.07) is 8.42. The van der Waals surface area contributed by atoms with E-state index in [4.69, 9.17) is 9.52 Å². The number of benzene rings is 1. The van der Waals surface area contributed by atoms with Crippen molar-refractivity contribution in [1.82, 2.24) is 5.32 Å². The third-order valence-electron chi connectivity index (χ3n) is 2.75. The van der Waals surface area contributed by atoms with Crippen LogP contribution in [0.5, 0.6) is 5.75 Å². The van der Waals surface area contributed by atoms with Crippen LogP contribution in [0.25, 0.3) is 0 Å². The first kappa shape index (κ1) is 12.6. The fraction of sp³-hybridized carbons (Fsp3) is 0.286. The van der Waals surface area contributed by atoms with Crippen LogP contribution >= 0.6 is 0 Å². The first-order chi connectivity index (χ1) is 8.65. The highest BCUT2D eigenvalue weighted by Gasteiger charge is 2.06. The average molecular weight is 249 g/mol. The van der Waals surface area contributed by atoms with Gasteiger partial charge in [0.1, 0.15) is 5.76 Å². The molecule has 0 aliphatic carbocycles. The number of phenols is 1. The van der Waals surface area contributed by atoms with Crippen LogP contribution in [-0.2, 0) is 13.0 Å². The lowest BCUT2D eigenvalue weighted by atomic mass is 10.1. The van der Waals surface area contributed by atoms with Crippen molar-refractivity contribution < 1.29 is 13.9 Å². The van der Waals surface area contributed by atoms with Gasteiger partial charge in [-0.05, 0) is 36.8 Å². The predicted molar refractivity (Wildman–Crippen MR) is 66.8 cm³/mol. The Balaban J connectivity index is 1.85. The summed E-state index contributed by atoms with van der Waals surface area (Å²) >= 11 is 0. The molecule has 0 amide bonds. The summed E-state index contributed by atoms with van der Waals surface area (Å²) in [7, 11) is 0. The maximum absolute atomic E-state index is 13.1. The van der Waals surface area contributed by atoms with E-state index in [0.717, 1.165) is 17.7 Å². The van der Waals surface area contributed by atoms with Gasteiger partial charge in [-0.25, -0.2) is 4.39 Å². The summed E-state index contributed by atoms with van der Waals surface area (Å²) in [5.74, 6) is 0.0160. The lowest BCUT2D eigenvalue weighted by molar-refractivity contribution is 0.430. The number of hydrogen-bond donors (Lipinski definition) is 2. The fourth-order valence-electron chi connectivity index (χ4n) is 1.76. The van der Waals surface area contributed by atoms with Crippen LogP contribution in [0, 0.1) is 5.82 Å². The van der Waals surface area contributed by atoms with E-state index in [0.29, 0.717) is 6.54 Å². The van der Waals surface area contributed by atoms with Gasteiger partial charge in [0.25, 0.3) is 0 Å². The summed E-state index contributed by atoms with van der Waals surface area (Å²) in [6.45, 7) is 2.60. The summed E-state index contributed by atoms with van der Waals surface area (Å²) < 4.78 is 18.4. The standard InChI is InChI=1S/C14H16FNO2/c1-10(7-12-3-2-6-18-12)16-9-11-4-5-14(17)13(15)8-11/h2-6,8,10,16-17H,7,9H2,1H3. The Hall–Kier alpha value is -1.81. The molecule has 3 nitrogen and oxygen atoms in total. The van der Waals surface area contributed by atoms with E-state index >= 15 is 0 Å². The molecule has 1 heterocycles. The average Bonchev–Trinajstić information content (AvgIpc) is 2.83. The minimum atomic E-state index is -0.590. The van der Waals surface area contributed by atoms with E-state index in [9.17, 15) is 4.39 Å². The van der Waals surface area contributed by atoms with Gasteiger partial charge in [-0.3, -0.25) is 0 Å². The summed E-state index contributed by atoms with van der Waals surface area (Å²) in [4.78, 5) is 0. The van der Waals surface area contributed by atoms with E-state index < -0.39 is 5.82 Å². The molecule has 0 fully saturated rings. The van der Waals surface area contributed by atoms with Crippen molar-refractivity contribution >= 4 is 0 Å². The molecule has 4 heteroatoms. The Labute approximate surface area is 105 Å². The van der Waals surface area contributed by atoms with Crippen LogP contribution in [0.3, 0.4) is 0 Å². The highest BCUT2D eigenvalue weighted by molar-refractivity contribution is 5.27. The molecule has 0 saturated heterocycles. The minimum absolute atomic E-state index is 0.230. The topological polar surface area (TPSA) is 45.4 Å². The molecule has 0 saturated carbocycles. The van der Waals surface area contributed by atoms with Gasteiger partial charge in [0.05, 0.1) is 6.26 Å². The van der Waals surface area contributed by atoms with Crippen molar-refractivity contribution in [2.75, 3.05) is 0 Å². The highest BCUT2D eigenvalue weighted by atomic mass is 19.1. The number of phenolic OH excluding ortho intramolecular Hbond substituents is 1. The second-order valence-electron chi connectivity index (χ2n) is 4.35. The number of halogens is 1. The van der Waals surface area contributed by atoms with Gasteiger partial charge >= 0.3 is 0 Å². The Morgan fingerprint density at radius 3 is 2.89 bits per heavy atom. The number of rotatable bonds is 5. The molecular weight excluding hydrogens is 233 g/mol. The van der Waals surface area contributed by atoms with Crippen molar-refractivity contribution in [2.45, 2.75) is 25.9 Å². The molecule has 0 aliphatic rings. The predicted octanol–water partition coefficient (Wildman–Crippen LogP) is 2.85. The van der Waals surface area contributed by atoms with Gasteiger partial charge in [-0.1, -0.05) is 6.07 Å². The Bertz CT molecular complexity index is 497. The van der Waals surface area contributed by atoms with E-state index in [2.05, 4.69) is 5.32 Å². The van der Waals surface area contributed by atoms with Gasteiger partial charge in [-0.2, -0.15) is 0 Å². The minimum Gasteiger partial charge on any atom is -0.505 e. The van der Waals surface area contributed by atoms with Crippen LogP contribution in [0.15, 0.2) is 41.0 Å². The van der Waals surface area contributed by atoms with Crippen molar-refractivity contribution in [3.63, 3.8) is 0 Å². The maximum Gasteiger partial charge on any atom is 0.165 e. The van der Waals surface area contributed by atoms with Gasteiger partial charge < -0.3 is 14.8 Å². The van der Waals surface area contributed by atoms with E-state index in [1.807, 2.05) is 19.1 Å². The second kappa shape index (κ2) is 5.69. The van der Waals surface area contributed by atoms with E-state index in [1.54, 1.807) is 12.3 Å². The zero-order valence-corrected chi connectivity index (χ0v) is 10.2. The molecule has 2 aromatic rings.